The molecule has 146 valence electrons. The fraction of sp³-hybridized carbons (Fsp3) is 0.667. The predicted molar refractivity (Wildman–Crippen MR) is 98.3 cm³/mol. The van der Waals surface area contributed by atoms with Crippen LogP contribution in [0.2, 0.25) is 0 Å². The molecule has 8 heteroatoms. The van der Waals surface area contributed by atoms with Crippen molar-refractivity contribution in [3.05, 3.63) is 18.2 Å². The highest BCUT2D eigenvalue weighted by molar-refractivity contribution is 7.89. The highest BCUT2D eigenvalue weighted by Crippen LogP contribution is 2.33. The van der Waals surface area contributed by atoms with Crippen molar-refractivity contribution < 1.29 is 22.6 Å². The first-order valence-corrected chi connectivity index (χ1v) is 10.5. The molecule has 1 fully saturated rings. The number of nitrogens with zero attached hydrogens (tertiary/aromatic N) is 2. The Morgan fingerprint density at radius 2 is 2.04 bits per heavy atom. The number of hydrogen-bond acceptors (Lipinski definition) is 6. The van der Waals surface area contributed by atoms with E-state index in [0.717, 1.165) is 32.5 Å². The van der Waals surface area contributed by atoms with E-state index in [9.17, 15) is 8.42 Å². The molecule has 2 heterocycles. The van der Waals surface area contributed by atoms with Crippen molar-refractivity contribution in [3.8, 4) is 11.5 Å². The Kier molecular flexibility index (Phi) is 6.39. The van der Waals surface area contributed by atoms with Gasteiger partial charge < -0.3 is 19.1 Å². The Hall–Kier alpha value is -1.35. The van der Waals surface area contributed by atoms with Crippen molar-refractivity contribution in [2.24, 2.45) is 5.92 Å². The van der Waals surface area contributed by atoms with E-state index in [-0.39, 0.29) is 4.90 Å². The Bertz CT molecular complexity index is 710. The average Bonchev–Trinajstić information content (AvgIpc) is 2.93. The summed E-state index contributed by atoms with van der Waals surface area (Å²) in [7, 11) is -0.205. The van der Waals surface area contributed by atoms with Crippen LogP contribution in [0.3, 0.4) is 0 Å². The molecule has 0 amide bonds. The van der Waals surface area contributed by atoms with Gasteiger partial charge in [0.05, 0.1) is 24.7 Å². The zero-order valence-corrected chi connectivity index (χ0v) is 16.3. The third kappa shape index (κ3) is 4.49. The molecule has 1 aromatic carbocycles. The molecular formula is C18H28N2O5S. The molecule has 1 unspecified atom stereocenters. The maximum Gasteiger partial charge on any atom is 0.242 e. The first-order valence-electron chi connectivity index (χ1n) is 9.08. The van der Waals surface area contributed by atoms with E-state index in [2.05, 4.69) is 4.90 Å². The van der Waals surface area contributed by atoms with Gasteiger partial charge in [-0.15, -0.1) is 0 Å². The van der Waals surface area contributed by atoms with E-state index in [4.69, 9.17) is 14.2 Å². The zero-order chi connectivity index (χ0) is 18.6. The number of ether oxygens (including phenoxy) is 3. The van der Waals surface area contributed by atoms with Gasteiger partial charge >= 0.3 is 0 Å². The molecule has 26 heavy (non-hydrogen) atoms. The van der Waals surface area contributed by atoms with Gasteiger partial charge in [0.2, 0.25) is 10.0 Å². The first-order chi connectivity index (χ1) is 12.5. The molecule has 0 aromatic heterocycles. The van der Waals surface area contributed by atoms with Crippen LogP contribution in [0.15, 0.2) is 23.1 Å². The third-order valence-corrected chi connectivity index (χ3v) is 6.74. The molecular weight excluding hydrogens is 356 g/mol. The van der Waals surface area contributed by atoms with Gasteiger partial charge in [0, 0.05) is 46.3 Å². The minimum atomic E-state index is -3.55. The Labute approximate surface area is 155 Å². The number of methoxy groups -OCH3 is 1. The number of hydrogen-bond donors (Lipinski definition) is 0. The van der Waals surface area contributed by atoms with Gasteiger partial charge in [-0.25, -0.2) is 12.7 Å². The Balaban J connectivity index is 1.65. The van der Waals surface area contributed by atoms with E-state index in [1.165, 1.54) is 4.31 Å². The fourth-order valence-corrected chi connectivity index (χ4v) is 4.69. The van der Waals surface area contributed by atoms with Gasteiger partial charge in [0.1, 0.15) is 0 Å². The summed E-state index contributed by atoms with van der Waals surface area (Å²) in [5.41, 5.74) is 0. The largest absolute Gasteiger partial charge is 0.490 e. The normalized spacial score (nSPS) is 21.1. The molecule has 0 bridgehead atoms. The Morgan fingerprint density at radius 1 is 1.27 bits per heavy atom. The lowest BCUT2D eigenvalue weighted by Gasteiger charge is -2.22. The SMILES string of the molecule is COCCN1CCC(CN(C)S(=O)(=O)c2ccc3c(c2)OCCCO3)C1. The molecule has 1 atom stereocenters. The maximum absolute atomic E-state index is 12.9. The van der Waals surface area contributed by atoms with E-state index in [1.54, 1.807) is 32.4 Å². The van der Waals surface area contributed by atoms with Gasteiger partial charge in [-0.2, -0.15) is 0 Å². The van der Waals surface area contributed by atoms with Crippen molar-refractivity contribution in [1.82, 2.24) is 9.21 Å². The summed E-state index contributed by atoms with van der Waals surface area (Å²) in [4.78, 5) is 2.57. The van der Waals surface area contributed by atoms with Crippen LogP contribution in [0.5, 0.6) is 11.5 Å². The first kappa shape index (κ1) is 19.4. The monoisotopic (exact) mass is 384 g/mol. The average molecular weight is 384 g/mol. The molecule has 0 N–H and O–H groups in total. The minimum Gasteiger partial charge on any atom is -0.490 e. The molecule has 0 spiro atoms. The molecule has 1 aromatic rings. The van der Waals surface area contributed by atoms with Gasteiger partial charge in [0.15, 0.2) is 11.5 Å². The predicted octanol–water partition coefficient (Wildman–Crippen LogP) is 1.44. The maximum atomic E-state index is 12.9. The number of fused-ring (bicyclic) bond motifs is 1. The summed E-state index contributed by atoms with van der Waals surface area (Å²) in [5.74, 6) is 1.45. The molecule has 2 aliphatic heterocycles. The summed E-state index contributed by atoms with van der Waals surface area (Å²) in [6, 6.07) is 4.86. The lowest BCUT2D eigenvalue weighted by molar-refractivity contribution is 0.158. The second-order valence-electron chi connectivity index (χ2n) is 6.89. The fourth-order valence-electron chi connectivity index (χ4n) is 3.43. The van der Waals surface area contributed by atoms with Crippen LogP contribution >= 0.6 is 0 Å². The van der Waals surface area contributed by atoms with Crippen LogP contribution in [0.4, 0.5) is 0 Å². The summed E-state index contributed by atoms with van der Waals surface area (Å²) in [5, 5.41) is 0. The van der Waals surface area contributed by atoms with Crippen LogP contribution in [-0.2, 0) is 14.8 Å². The number of sulfonamides is 1. The second-order valence-corrected chi connectivity index (χ2v) is 8.94. The lowest BCUT2D eigenvalue weighted by Crippen LogP contribution is -2.33. The van der Waals surface area contributed by atoms with Crippen molar-refractivity contribution >= 4 is 10.0 Å². The van der Waals surface area contributed by atoms with Crippen molar-refractivity contribution in [3.63, 3.8) is 0 Å². The molecule has 7 nitrogen and oxygen atoms in total. The lowest BCUT2D eigenvalue weighted by atomic mass is 10.1. The summed E-state index contributed by atoms with van der Waals surface area (Å²) >= 11 is 0. The third-order valence-electron chi connectivity index (χ3n) is 4.92. The number of likely N-dealkylation sites (tertiary alicyclic amines) is 1. The van der Waals surface area contributed by atoms with Gasteiger partial charge in [-0.1, -0.05) is 0 Å². The summed E-state index contributed by atoms with van der Waals surface area (Å²) in [6.45, 7) is 5.13. The van der Waals surface area contributed by atoms with Crippen LogP contribution in [-0.4, -0.2) is 77.8 Å². The molecule has 3 rings (SSSR count). The number of benzene rings is 1. The smallest absolute Gasteiger partial charge is 0.242 e. The molecule has 0 saturated carbocycles. The minimum absolute atomic E-state index is 0.249. The second kappa shape index (κ2) is 8.56. The van der Waals surface area contributed by atoms with Crippen molar-refractivity contribution in [1.29, 1.82) is 0 Å². The van der Waals surface area contributed by atoms with E-state index in [1.807, 2.05) is 0 Å². The van der Waals surface area contributed by atoms with Crippen LogP contribution < -0.4 is 9.47 Å². The zero-order valence-electron chi connectivity index (χ0n) is 15.5. The van der Waals surface area contributed by atoms with Gasteiger partial charge in [-0.05, 0) is 31.0 Å². The molecule has 2 aliphatic rings. The topological polar surface area (TPSA) is 68.3 Å². The van der Waals surface area contributed by atoms with Crippen molar-refractivity contribution in [2.75, 3.05) is 60.2 Å². The standard InChI is InChI=1S/C18H28N2O5S/c1-19(13-15-6-7-20(14-15)8-11-23-2)26(21,22)16-4-5-17-18(12-16)25-10-3-9-24-17/h4-5,12,15H,3,6-11,13-14H2,1-2H3. The van der Waals surface area contributed by atoms with Crippen LogP contribution in [0.25, 0.3) is 0 Å². The molecule has 0 aliphatic carbocycles. The van der Waals surface area contributed by atoms with Crippen LogP contribution in [0.1, 0.15) is 12.8 Å². The van der Waals surface area contributed by atoms with Crippen LogP contribution in [0, 0.1) is 5.92 Å². The molecule has 1 saturated heterocycles. The highest BCUT2D eigenvalue weighted by Gasteiger charge is 2.29. The Morgan fingerprint density at radius 3 is 2.81 bits per heavy atom. The van der Waals surface area contributed by atoms with Gasteiger partial charge in [-0.3, -0.25) is 0 Å². The molecule has 0 radical (unpaired) electrons. The highest BCUT2D eigenvalue weighted by atomic mass is 32.2. The van der Waals surface area contributed by atoms with E-state index in [0.29, 0.717) is 43.8 Å². The van der Waals surface area contributed by atoms with E-state index < -0.39 is 10.0 Å². The van der Waals surface area contributed by atoms with E-state index >= 15 is 0 Å². The van der Waals surface area contributed by atoms with Gasteiger partial charge in [0.25, 0.3) is 0 Å². The quantitative estimate of drug-likeness (QED) is 0.709. The summed E-state index contributed by atoms with van der Waals surface area (Å²) in [6.07, 6.45) is 1.79. The summed E-state index contributed by atoms with van der Waals surface area (Å²) < 4.78 is 43.7. The van der Waals surface area contributed by atoms with Crippen molar-refractivity contribution in [2.45, 2.75) is 17.7 Å². The number of rotatable bonds is 7.